The van der Waals surface area contributed by atoms with Crippen molar-refractivity contribution in [3.8, 4) is 17.0 Å². The van der Waals surface area contributed by atoms with Crippen molar-refractivity contribution >= 4 is 10.9 Å². The summed E-state index contributed by atoms with van der Waals surface area (Å²) in [5.74, 6) is 0.945. The molecular formula is C24H32N2O. The fourth-order valence-electron chi connectivity index (χ4n) is 3.77. The van der Waals surface area contributed by atoms with Gasteiger partial charge in [-0.05, 0) is 73.0 Å². The predicted octanol–water partition coefficient (Wildman–Crippen LogP) is 5.73. The quantitative estimate of drug-likeness (QED) is 0.549. The van der Waals surface area contributed by atoms with Gasteiger partial charge in [0.1, 0.15) is 5.75 Å². The van der Waals surface area contributed by atoms with Crippen LogP contribution >= 0.6 is 0 Å². The summed E-state index contributed by atoms with van der Waals surface area (Å²) >= 11 is 0. The van der Waals surface area contributed by atoms with Gasteiger partial charge in [-0.15, -0.1) is 0 Å². The Morgan fingerprint density at radius 2 is 1.85 bits per heavy atom. The second-order valence-electron chi connectivity index (χ2n) is 8.39. The van der Waals surface area contributed by atoms with Crippen LogP contribution in [0.3, 0.4) is 0 Å². The molecule has 3 aromatic rings. The maximum atomic E-state index is 5.75. The molecule has 1 heterocycles. The molecule has 3 nitrogen and oxygen atoms in total. The van der Waals surface area contributed by atoms with Gasteiger partial charge < -0.3 is 15.5 Å². The number of rotatable bonds is 6. The molecule has 0 aliphatic rings. The van der Waals surface area contributed by atoms with Crippen LogP contribution < -0.4 is 10.5 Å². The van der Waals surface area contributed by atoms with E-state index < -0.39 is 0 Å². The number of benzene rings is 2. The number of fused-ring (bicyclic) bond motifs is 1. The molecule has 0 atom stereocenters. The largest absolute Gasteiger partial charge is 0.496 e. The van der Waals surface area contributed by atoms with Crippen LogP contribution in [0.2, 0.25) is 0 Å². The summed E-state index contributed by atoms with van der Waals surface area (Å²) in [5, 5.41) is 1.32. The molecule has 3 rings (SSSR count). The fraction of sp³-hybridized carbons (Fsp3) is 0.417. The molecule has 0 saturated heterocycles. The van der Waals surface area contributed by atoms with Gasteiger partial charge in [0.05, 0.1) is 12.8 Å². The number of aromatic nitrogens is 1. The molecule has 144 valence electrons. The standard InChI is InChI=1S/C24H32N2O/c1-16-9-8-11-19(23(16)27-5)22-18(10-6-7-14-25)20-15-17(24(2,3)4)12-13-21(20)26-22/h8-9,11-13,15,26H,6-7,10,14,25H2,1-5H3. The van der Waals surface area contributed by atoms with Crippen LogP contribution in [0, 0.1) is 6.92 Å². The van der Waals surface area contributed by atoms with E-state index in [0.717, 1.165) is 42.7 Å². The Morgan fingerprint density at radius 3 is 2.52 bits per heavy atom. The van der Waals surface area contributed by atoms with E-state index in [0.29, 0.717) is 0 Å². The van der Waals surface area contributed by atoms with Gasteiger partial charge in [-0.1, -0.05) is 39.0 Å². The van der Waals surface area contributed by atoms with E-state index in [4.69, 9.17) is 10.5 Å². The van der Waals surface area contributed by atoms with Crippen molar-refractivity contribution in [1.29, 1.82) is 0 Å². The summed E-state index contributed by atoms with van der Waals surface area (Å²) in [6.45, 7) is 9.62. The van der Waals surface area contributed by atoms with Crippen LogP contribution in [0.15, 0.2) is 36.4 Å². The van der Waals surface area contributed by atoms with Crippen molar-refractivity contribution in [3.05, 3.63) is 53.1 Å². The molecule has 0 fully saturated rings. The molecule has 2 aromatic carbocycles. The number of H-pyrrole nitrogens is 1. The third kappa shape index (κ3) is 3.89. The summed E-state index contributed by atoms with van der Waals surface area (Å²) < 4.78 is 5.75. The molecule has 3 heteroatoms. The van der Waals surface area contributed by atoms with E-state index >= 15 is 0 Å². The van der Waals surface area contributed by atoms with Gasteiger partial charge in [-0.2, -0.15) is 0 Å². The van der Waals surface area contributed by atoms with E-state index in [-0.39, 0.29) is 5.41 Å². The summed E-state index contributed by atoms with van der Waals surface area (Å²) in [6.07, 6.45) is 3.14. The number of aryl methyl sites for hydroxylation is 2. The lowest BCUT2D eigenvalue weighted by atomic mass is 9.86. The van der Waals surface area contributed by atoms with Crippen molar-refractivity contribution in [2.24, 2.45) is 5.73 Å². The topological polar surface area (TPSA) is 51.0 Å². The Bertz CT molecular complexity index is 931. The number of aromatic amines is 1. The number of ether oxygens (including phenoxy) is 1. The zero-order chi connectivity index (χ0) is 19.6. The van der Waals surface area contributed by atoms with Gasteiger partial charge in [0, 0.05) is 16.5 Å². The molecular weight excluding hydrogens is 332 g/mol. The first-order chi connectivity index (χ1) is 12.9. The molecule has 0 spiro atoms. The molecule has 3 N–H and O–H groups in total. The Kier molecular flexibility index (Phi) is 5.61. The molecule has 0 aliphatic carbocycles. The number of para-hydroxylation sites is 1. The third-order valence-electron chi connectivity index (χ3n) is 5.34. The molecule has 0 aliphatic heterocycles. The minimum absolute atomic E-state index is 0.126. The highest BCUT2D eigenvalue weighted by atomic mass is 16.5. The smallest absolute Gasteiger partial charge is 0.131 e. The lowest BCUT2D eigenvalue weighted by Gasteiger charge is -2.19. The van der Waals surface area contributed by atoms with Crippen molar-refractivity contribution in [3.63, 3.8) is 0 Å². The highest BCUT2D eigenvalue weighted by Gasteiger charge is 2.20. The molecule has 0 amide bonds. The Morgan fingerprint density at radius 1 is 1.07 bits per heavy atom. The molecule has 0 radical (unpaired) electrons. The summed E-state index contributed by atoms with van der Waals surface area (Å²) in [7, 11) is 1.75. The number of unbranched alkanes of at least 4 members (excludes halogenated alkanes) is 1. The van der Waals surface area contributed by atoms with Crippen LogP contribution in [0.1, 0.15) is 50.3 Å². The zero-order valence-corrected chi connectivity index (χ0v) is 17.3. The van der Waals surface area contributed by atoms with E-state index in [9.17, 15) is 0 Å². The lowest BCUT2D eigenvalue weighted by molar-refractivity contribution is 0.413. The number of nitrogens with two attached hydrogens (primary N) is 1. The third-order valence-corrected chi connectivity index (χ3v) is 5.34. The van der Waals surface area contributed by atoms with Gasteiger partial charge in [0.25, 0.3) is 0 Å². The second kappa shape index (κ2) is 7.77. The van der Waals surface area contributed by atoms with Crippen LogP contribution in [0.5, 0.6) is 5.75 Å². The van der Waals surface area contributed by atoms with Gasteiger partial charge in [0.15, 0.2) is 0 Å². The molecule has 0 saturated carbocycles. The normalized spacial score (nSPS) is 11.9. The van der Waals surface area contributed by atoms with Crippen LogP contribution in [0.25, 0.3) is 22.2 Å². The van der Waals surface area contributed by atoms with Gasteiger partial charge in [0.2, 0.25) is 0 Å². The first kappa shape index (κ1) is 19.5. The zero-order valence-electron chi connectivity index (χ0n) is 17.3. The minimum atomic E-state index is 0.126. The molecule has 27 heavy (non-hydrogen) atoms. The number of nitrogens with one attached hydrogen (secondary N) is 1. The van der Waals surface area contributed by atoms with Crippen LogP contribution in [-0.2, 0) is 11.8 Å². The average molecular weight is 365 g/mol. The maximum absolute atomic E-state index is 5.75. The lowest BCUT2D eigenvalue weighted by Crippen LogP contribution is -2.10. The minimum Gasteiger partial charge on any atom is -0.496 e. The first-order valence-electron chi connectivity index (χ1n) is 9.86. The second-order valence-corrected chi connectivity index (χ2v) is 8.39. The van der Waals surface area contributed by atoms with Gasteiger partial charge in [-0.3, -0.25) is 0 Å². The summed E-state index contributed by atoms with van der Waals surface area (Å²) in [5.41, 5.74) is 13.2. The van der Waals surface area contributed by atoms with E-state index in [1.807, 2.05) is 0 Å². The first-order valence-corrected chi connectivity index (χ1v) is 9.86. The monoisotopic (exact) mass is 364 g/mol. The van der Waals surface area contributed by atoms with Crippen LogP contribution in [0.4, 0.5) is 0 Å². The van der Waals surface area contributed by atoms with E-state index in [1.54, 1.807) is 7.11 Å². The molecule has 1 aromatic heterocycles. The molecule has 0 unspecified atom stereocenters. The van der Waals surface area contributed by atoms with Crippen molar-refractivity contribution in [1.82, 2.24) is 4.98 Å². The number of hydrogen-bond acceptors (Lipinski definition) is 2. The maximum Gasteiger partial charge on any atom is 0.131 e. The van der Waals surface area contributed by atoms with Gasteiger partial charge in [-0.25, -0.2) is 0 Å². The van der Waals surface area contributed by atoms with E-state index in [2.05, 4.69) is 69.1 Å². The SMILES string of the molecule is COc1c(C)cccc1-c1[nH]c2ccc(C(C)(C)C)cc2c1CCCCN. The van der Waals surface area contributed by atoms with Crippen LogP contribution in [-0.4, -0.2) is 18.6 Å². The predicted molar refractivity (Wildman–Crippen MR) is 116 cm³/mol. The highest BCUT2D eigenvalue weighted by Crippen LogP contribution is 2.39. The summed E-state index contributed by atoms with van der Waals surface area (Å²) in [4.78, 5) is 3.68. The Labute approximate surface area is 162 Å². The number of hydrogen-bond donors (Lipinski definition) is 2. The fourth-order valence-corrected chi connectivity index (χ4v) is 3.77. The average Bonchev–Trinajstić information content (AvgIpc) is 2.99. The van der Waals surface area contributed by atoms with Crippen molar-refractivity contribution in [2.75, 3.05) is 13.7 Å². The van der Waals surface area contributed by atoms with Gasteiger partial charge >= 0.3 is 0 Å². The summed E-state index contributed by atoms with van der Waals surface area (Å²) in [6, 6.07) is 13.1. The number of methoxy groups -OCH3 is 1. The Hall–Kier alpha value is -2.26. The van der Waals surface area contributed by atoms with E-state index in [1.165, 1.54) is 27.7 Å². The van der Waals surface area contributed by atoms with Crippen molar-refractivity contribution in [2.45, 2.75) is 52.4 Å². The highest BCUT2D eigenvalue weighted by molar-refractivity contribution is 5.92. The Balaban J connectivity index is 2.22. The molecule has 0 bridgehead atoms. The van der Waals surface area contributed by atoms with Crippen molar-refractivity contribution < 1.29 is 4.74 Å².